The predicted octanol–water partition coefficient (Wildman–Crippen LogP) is 2.33. The summed E-state index contributed by atoms with van der Waals surface area (Å²) in [6, 6.07) is 4.91. The van der Waals surface area contributed by atoms with Crippen molar-refractivity contribution in [3.05, 3.63) is 30.1 Å². The van der Waals surface area contributed by atoms with E-state index in [1.165, 1.54) is 30.3 Å². The van der Waals surface area contributed by atoms with Gasteiger partial charge in [0.2, 0.25) is 0 Å². The molecule has 1 atom stereocenters. The van der Waals surface area contributed by atoms with Gasteiger partial charge in [-0.2, -0.15) is 0 Å². The number of hydrogen-bond acceptors (Lipinski definition) is 2. The third-order valence-corrected chi connectivity index (χ3v) is 3.33. The van der Waals surface area contributed by atoms with Gasteiger partial charge in [0.05, 0.1) is 0 Å². The zero-order valence-corrected chi connectivity index (χ0v) is 8.90. The van der Waals surface area contributed by atoms with Crippen LogP contribution < -0.4 is 0 Å². The maximum absolute atomic E-state index is 4.44. The van der Waals surface area contributed by atoms with E-state index in [0.29, 0.717) is 6.04 Å². The lowest BCUT2D eigenvalue weighted by Gasteiger charge is -2.19. The monoisotopic (exact) mass is 201 g/mol. The van der Waals surface area contributed by atoms with Gasteiger partial charge in [-0.25, -0.2) is 4.98 Å². The molecule has 3 rings (SSSR count). The van der Waals surface area contributed by atoms with E-state index in [0.717, 1.165) is 5.65 Å². The fraction of sp³-hybridized carbons (Fsp3) is 0.417. The number of nitrogens with one attached hydrogen (secondary N) is 1. The number of H-pyrrole nitrogens is 1. The van der Waals surface area contributed by atoms with Crippen molar-refractivity contribution in [3.8, 4) is 0 Å². The molecule has 1 saturated heterocycles. The average molecular weight is 201 g/mol. The molecule has 1 fully saturated rings. The van der Waals surface area contributed by atoms with Crippen LogP contribution in [-0.4, -0.2) is 28.5 Å². The number of likely N-dealkylation sites (tertiary alicyclic amines) is 1. The molecule has 1 aliphatic rings. The Morgan fingerprint density at radius 3 is 3.27 bits per heavy atom. The lowest BCUT2D eigenvalue weighted by molar-refractivity contribution is 0.317. The molecule has 3 nitrogen and oxygen atoms in total. The van der Waals surface area contributed by atoms with Gasteiger partial charge >= 0.3 is 0 Å². The van der Waals surface area contributed by atoms with Gasteiger partial charge in [0.15, 0.2) is 0 Å². The van der Waals surface area contributed by atoms with Crippen LogP contribution in [0.15, 0.2) is 24.5 Å². The summed E-state index contributed by atoms with van der Waals surface area (Å²) in [7, 11) is 2.19. The van der Waals surface area contributed by atoms with Crippen LogP contribution in [0.1, 0.15) is 24.4 Å². The zero-order valence-electron chi connectivity index (χ0n) is 8.90. The lowest BCUT2D eigenvalue weighted by atomic mass is 10.1. The largest absolute Gasteiger partial charge is 0.346 e. The Labute approximate surface area is 89.1 Å². The highest BCUT2D eigenvalue weighted by atomic mass is 15.1. The van der Waals surface area contributed by atoms with Crippen molar-refractivity contribution in [2.75, 3.05) is 13.6 Å². The minimum absolute atomic E-state index is 0.566. The van der Waals surface area contributed by atoms with Crippen molar-refractivity contribution in [2.24, 2.45) is 0 Å². The molecule has 0 aromatic carbocycles. The Morgan fingerprint density at radius 2 is 2.47 bits per heavy atom. The summed E-state index contributed by atoms with van der Waals surface area (Å²) in [5, 5.41) is 1.22. The van der Waals surface area contributed by atoms with Crippen molar-refractivity contribution >= 4 is 11.0 Å². The van der Waals surface area contributed by atoms with Gasteiger partial charge in [0, 0.05) is 23.8 Å². The summed E-state index contributed by atoms with van der Waals surface area (Å²) in [4.78, 5) is 9.97. The van der Waals surface area contributed by atoms with E-state index in [1.807, 2.05) is 12.4 Å². The number of fused-ring (bicyclic) bond motifs is 1. The summed E-state index contributed by atoms with van der Waals surface area (Å²) >= 11 is 0. The minimum atomic E-state index is 0.566. The molecule has 1 aliphatic heterocycles. The Morgan fingerprint density at radius 1 is 1.53 bits per heavy atom. The number of aromatic nitrogens is 2. The van der Waals surface area contributed by atoms with Gasteiger partial charge in [-0.1, -0.05) is 0 Å². The molecule has 0 bridgehead atoms. The van der Waals surface area contributed by atoms with Gasteiger partial charge in [0.1, 0.15) is 5.65 Å². The quantitative estimate of drug-likeness (QED) is 0.768. The molecule has 0 aliphatic carbocycles. The molecular formula is C12H15N3. The summed E-state index contributed by atoms with van der Waals surface area (Å²) < 4.78 is 0. The second-order valence-corrected chi connectivity index (χ2v) is 4.32. The van der Waals surface area contributed by atoms with E-state index in [2.05, 4.69) is 34.0 Å². The first-order valence-corrected chi connectivity index (χ1v) is 5.48. The number of nitrogens with zero attached hydrogens (tertiary/aromatic N) is 2. The normalized spacial score (nSPS) is 22.6. The van der Waals surface area contributed by atoms with Crippen molar-refractivity contribution in [1.82, 2.24) is 14.9 Å². The molecule has 0 spiro atoms. The fourth-order valence-corrected chi connectivity index (χ4v) is 2.47. The SMILES string of the molecule is CN1CCC[C@H]1c1cnc2[nH]ccc2c1. The third kappa shape index (κ3) is 1.43. The highest BCUT2D eigenvalue weighted by Crippen LogP contribution is 2.30. The average Bonchev–Trinajstić information content (AvgIpc) is 2.84. The van der Waals surface area contributed by atoms with Crippen LogP contribution in [0.3, 0.4) is 0 Å². The first kappa shape index (κ1) is 8.92. The molecule has 0 saturated carbocycles. The van der Waals surface area contributed by atoms with E-state index in [9.17, 15) is 0 Å². The van der Waals surface area contributed by atoms with E-state index in [1.54, 1.807) is 0 Å². The molecule has 0 unspecified atom stereocenters. The predicted molar refractivity (Wildman–Crippen MR) is 60.7 cm³/mol. The Hall–Kier alpha value is -1.35. The molecule has 2 aromatic rings. The molecule has 1 N–H and O–H groups in total. The van der Waals surface area contributed by atoms with E-state index < -0.39 is 0 Å². The van der Waals surface area contributed by atoms with Crippen LogP contribution in [0.2, 0.25) is 0 Å². The smallest absolute Gasteiger partial charge is 0.137 e. The Kier molecular flexibility index (Phi) is 1.99. The standard InChI is InChI=1S/C12H15N3/c1-15-6-2-3-11(15)10-7-9-4-5-13-12(9)14-8-10/h4-5,7-8,11H,2-3,6H2,1H3,(H,13,14)/t11-/m0/s1. The number of rotatable bonds is 1. The van der Waals surface area contributed by atoms with Crippen LogP contribution in [-0.2, 0) is 0 Å². The van der Waals surface area contributed by atoms with Crippen LogP contribution >= 0.6 is 0 Å². The number of hydrogen-bond donors (Lipinski definition) is 1. The first-order chi connectivity index (χ1) is 7.34. The van der Waals surface area contributed by atoms with Crippen LogP contribution in [0, 0.1) is 0 Å². The maximum Gasteiger partial charge on any atom is 0.137 e. The Bertz CT molecular complexity index is 474. The molecule has 15 heavy (non-hydrogen) atoms. The topological polar surface area (TPSA) is 31.9 Å². The summed E-state index contributed by atoms with van der Waals surface area (Å²) in [6.45, 7) is 1.20. The van der Waals surface area contributed by atoms with Gasteiger partial charge in [-0.15, -0.1) is 0 Å². The van der Waals surface area contributed by atoms with E-state index >= 15 is 0 Å². The Balaban J connectivity index is 2.03. The minimum Gasteiger partial charge on any atom is -0.346 e. The number of aromatic amines is 1. The number of pyridine rings is 1. The van der Waals surface area contributed by atoms with Crippen molar-refractivity contribution < 1.29 is 0 Å². The van der Waals surface area contributed by atoms with E-state index in [-0.39, 0.29) is 0 Å². The second-order valence-electron chi connectivity index (χ2n) is 4.32. The summed E-state index contributed by atoms with van der Waals surface area (Å²) in [6.07, 6.45) is 6.51. The van der Waals surface area contributed by atoms with Crippen molar-refractivity contribution in [3.63, 3.8) is 0 Å². The van der Waals surface area contributed by atoms with Gasteiger partial charge in [0.25, 0.3) is 0 Å². The third-order valence-electron chi connectivity index (χ3n) is 3.33. The van der Waals surface area contributed by atoms with Crippen LogP contribution in [0.25, 0.3) is 11.0 Å². The molecule has 0 amide bonds. The highest BCUT2D eigenvalue weighted by Gasteiger charge is 2.22. The molecule has 3 heteroatoms. The first-order valence-electron chi connectivity index (χ1n) is 5.48. The lowest BCUT2D eigenvalue weighted by Crippen LogP contribution is -2.17. The van der Waals surface area contributed by atoms with Gasteiger partial charge in [-0.05, 0) is 44.1 Å². The molecular weight excluding hydrogens is 186 g/mol. The summed E-state index contributed by atoms with van der Waals surface area (Å²) in [5.41, 5.74) is 2.33. The van der Waals surface area contributed by atoms with Gasteiger partial charge in [-0.3, -0.25) is 4.90 Å². The maximum atomic E-state index is 4.44. The van der Waals surface area contributed by atoms with Crippen LogP contribution in [0.4, 0.5) is 0 Å². The van der Waals surface area contributed by atoms with Crippen molar-refractivity contribution in [1.29, 1.82) is 0 Å². The second kappa shape index (κ2) is 3.35. The molecule has 2 aromatic heterocycles. The molecule has 0 radical (unpaired) electrons. The molecule has 78 valence electrons. The van der Waals surface area contributed by atoms with Crippen LogP contribution in [0.5, 0.6) is 0 Å². The highest BCUT2D eigenvalue weighted by molar-refractivity contribution is 5.75. The van der Waals surface area contributed by atoms with Crippen molar-refractivity contribution in [2.45, 2.75) is 18.9 Å². The van der Waals surface area contributed by atoms with Gasteiger partial charge < -0.3 is 4.98 Å². The van der Waals surface area contributed by atoms with E-state index in [4.69, 9.17) is 0 Å². The fourth-order valence-electron chi connectivity index (χ4n) is 2.47. The zero-order chi connectivity index (χ0) is 10.3. The molecule has 3 heterocycles. The summed E-state index contributed by atoms with van der Waals surface area (Å²) in [5.74, 6) is 0.